The monoisotopic (exact) mass is 248 g/mol. The average Bonchev–Trinajstić information content (AvgIpc) is 2.38. The van der Waals surface area contributed by atoms with Crippen LogP contribution in [0.25, 0.3) is 0 Å². The number of amides is 1. The Bertz CT molecular complexity index is 364. The summed E-state index contributed by atoms with van der Waals surface area (Å²) in [5.41, 5.74) is 7.08. The van der Waals surface area contributed by atoms with Crippen LogP contribution in [0, 0.1) is 5.92 Å². The minimum absolute atomic E-state index is 0.0270. The second kappa shape index (κ2) is 7.17. The fourth-order valence-electron chi connectivity index (χ4n) is 1.92. The van der Waals surface area contributed by atoms with Gasteiger partial charge in [-0.1, -0.05) is 50.6 Å². The van der Waals surface area contributed by atoms with Gasteiger partial charge in [-0.05, 0) is 17.9 Å². The zero-order chi connectivity index (χ0) is 13.5. The van der Waals surface area contributed by atoms with Crippen LogP contribution in [0.2, 0.25) is 0 Å². The molecule has 0 aromatic heterocycles. The molecule has 0 aliphatic rings. The van der Waals surface area contributed by atoms with Crippen LogP contribution in [0.5, 0.6) is 0 Å². The molecule has 18 heavy (non-hydrogen) atoms. The number of nitrogens with two attached hydrogens (primary N) is 1. The number of hydrogen-bond donors (Lipinski definition) is 1. The number of benzene rings is 1. The summed E-state index contributed by atoms with van der Waals surface area (Å²) in [5, 5.41) is 0. The average molecular weight is 248 g/mol. The summed E-state index contributed by atoms with van der Waals surface area (Å²) in [6.07, 6.45) is 1.68. The van der Waals surface area contributed by atoms with Crippen molar-refractivity contribution in [1.29, 1.82) is 0 Å². The molecule has 0 aliphatic heterocycles. The van der Waals surface area contributed by atoms with Gasteiger partial charge in [-0.3, -0.25) is 4.79 Å². The summed E-state index contributed by atoms with van der Waals surface area (Å²) in [7, 11) is 1.83. The number of nitrogens with zero attached hydrogens (tertiary/aromatic N) is 1. The van der Waals surface area contributed by atoms with Gasteiger partial charge in [-0.15, -0.1) is 0 Å². The van der Waals surface area contributed by atoms with E-state index in [0.29, 0.717) is 12.3 Å². The molecular formula is C15H24N2O. The van der Waals surface area contributed by atoms with E-state index >= 15 is 0 Å². The topological polar surface area (TPSA) is 46.3 Å². The smallest absolute Gasteiger partial charge is 0.239 e. The van der Waals surface area contributed by atoms with Crippen LogP contribution >= 0.6 is 0 Å². The molecule has 3 nitrogen and oxygen atoms in total. The van der Waals surface area contributed by atoms with Gasteiger partial charge in [-0.25, -0.2) is 0 Å². The van der Waals surface area contributed by atoms with Crippen LogP contribution in [0.15, 0.2) is 30.3 Å². The van der Waals surface area contributed by atoms with Gasteiger partial charge >= 0.3 is 0 Å². The molecule has 1 rings (SSSR count). The van der Waals surface area contributed by atoms with Gasteiger partial charge in [0.1, 0.15) is 0 Å². The molecule has 0 spiro atoms. The van der Waals surface area contributed by atoms with E-state index in [2.05, 4.69) is 13.8 Å². The lowest BCUT2D eigenvalue weighted by atomic mass is 10.0. The fourth-order valence-corrected chi connectivity index (χ4v) is 1.92. The maximum absolute atomic E-state index is 12.1. The van der Waals surface area contributed by atoms with Crippen LogP contribution in [-0.4, -0.2) is 30.4 Å². The van der Waals surface area contributed by atoms with Crippen molar-refractivity contribution < 1.29 is 4.79 Å². The first-order valence-corrected chi connectivity index (χ1v) is 6.59. The maximum atomic E-state index is 12.1. The van der Waals surface area contributed by atoms with Crippen molar-refractivity contribution >= 4 is 5.91 Å². The summed E-state index contributed by atoms with van der Waals surface area (Å²) >= 11 is 0. The van der Waals surface area contributed by atoms with E-state index in [1.54, 1.807) is 4.90 Å². The number of carbonyl (C=O) groups is 1. The van der Waals surface area contributed by atoms with Gasteiger partial charge in [0, 0.05) is 13.6 Å². The predicted molar refractivity (Wildman–Crippen MR) is 75.2 cm³/mol. The minimum Gasteiger partial charge on any atom is -0.344 e. The van der Waals surface area contributed by atoms with E-state index in [1.807, 2.05) is 37.4 Å². The first-order valence-electron chi connectivity index (χ1n) is 6.59. The van der Waals surface area contributed by atoms with Gasteiger partial charge in [0.25, 0.3) is 0 Å². The molecule has 0 bridgehead atoms. The molecule has 0 saturated carbocycles. The first kappa shape index (κ1) is 14.7. The zero-order valence-electron chi connectivity index (χ0n) is 11.6. The maximum Gasteiger partial charge on any atom is 0.239 e. The van der Waals surface area contributed by atoms with E-state index in [9.17, 15) is 4.79 Å². The molecule has 2 unspecified atom stereocenters. The minimum atomic E-state index is -0.443. The second-order valence-corrected chi connectivity index (χ2v) is 5.03. The van der Waals surface area contributed by atoms with Crippen molar-refractivity contribution in [3.8, 4) is 0 Å². The Kier molecular flexibility index (Phi) is 5.86. The predicted octanol–water partition coefficient (Wildman–Crippen LogP) is 2.06. The van der Waals surface area contributed by atoms with Crippen LogP contribution in [0.4, 0.5) is 0 Å². The van der Waals surface area contributed by atoms with Gasteiger partial charge in [0.2, 0.25) is 5.91 Å². The van der Waals surface area contributed by atoms with Gasteiger partial charge in [-0.2, -0.15) is 0 Å². The molecule has 1 amide bonds. The normalized spacial score (nSPS) is 14.0. The highest BCUT2D eigenvalue weighted by atomic mass is 16.2. The Hall–Kier alpha value is -1.35. The zero-order valence-corrected chi connectivity index (χ0v) is 11.6. The quantitative estimate of drug-likeness (QED) is 0.837. The van der Waals surface area contributed by atoms with Crippen molar-refractivity contribution in [2.24, 2.45) is 11.7 Å². The Balaban J connectivity index is 2.51. The summed E-state index contributed by atoms with van der Waals surface area (Å²) in [5.74, 6) is 0.544. The summed E-state index contributed by atoms with van der Waals surface area (Å²) in [6, 6.07) is 9.46. The van der Waals surface area contributed by atoms with Crippen molar-refractivity contribution in [1.82, 2.24) is 4.90 Å². The Labute approximate surface area is 110 Å². The molecule has 0 aliphatic carbocycles. The molecule has 3 heteroatoms. The lowest BCUT2D eigenvalue weighted by molar-refractivity contribution is -0.131. The summed E-state index contributed by atoms with van der Waals surface area (Å²) in [4.78, 5) is 13.9. The molecule has 1 aromatic rings. The Morgan fingerprint density at radius 1 is 1.33 bits per heavy atom. The lowest BCUT2D eigenvalue weighted by Gasteiger charge is -2.24. The molecule has 0 fully saturated rings. The van der Waals surface area contributed by atoms with Crippen LogP contribution in [0.3, 0.4) is 0 Å². The third-order valence-electron chi connectivity index (χ3n) is 3.27. The van der Waals surface area contributed by atoms with Crippen molar-refractivity contribution in [2.75, 3.05) is 13.6 Å². The third kappa shape index (κ3) is 4.49. The van der Waals surface area contributed by atoms with E-state index in [4.69, 9.17) is 5.73 Å². The molecule has 2 atom stereocenters. The SMILES string of the molecule is CCC(C)CN(C)C(=O)C(N)Cc1ccccc1. The van der Waals surface area contributed by atoms with Gasteiger partial charge in [0.05, 0.1) is 6.04 Å². The van der Waals surface area contributed by atoms with Gasteiger partial charge in [0.15, 0.2) is 0 Å². The first-order chi connectivity index (χ1) is 8.54. The number of carbonyl (C=O) groups excluding carboxylic acids is 1. The molecule has 0 heterocycles. The molecule has 0 saturated heterocycles. The standard InChI is InChI=1S/C15H24N2O/c1-4-12(2)11-17(3)15(18)14(16)10-13-8-6-5-7-9-13/h5-9,12,14H,4,10-11,16H2,1-3H3. The number of likely N-dealkylation sites (N-methyl/N-ethyl adjacent to an activating group) is 1. The lowest BCUT2D eigenvalue weighted by Crippen LogP contribution is -2.44. The van der Waals surface area contributed by atoms with E-state index in [1.165, 1.54) is 0 Å². The molecule has 100 valence electrons. The fraction of sp³-hybridized carbons (Fsp3) is 0.533. The largest absolute Gasteiger partial charge is 0.344 e. The highest BCUT2D eigenvalue weighted by Crippen LogP contribution is 2.07. The highest BCUT2D eigenvalue weighted by Gasteiger charge is 2.19. The van der Waals surface area contributed by atoms with Crippen molar-refractivity contribution in [3.05, 3.63) is 35.9 Å². The molecule has 2 N–H and O–H groups in total. The molecule has 0 radical (unpaired) electrons. The number of rotatable bonds is 6. The van der Waals surface area contributed by atoms with Crippen LogP contribution < -0.4 is 5.73 Å². The Morgan fingerprint density at radius 3 is 2.50 bits per heavy atom. The van der Waals surface area contributed by atoms with Crippen LogP contribution in [-0.2, 0) is 11.2 Å². The summed E-state index contributed by atoms with van der Waals surface area (Å²) < 4.78 is 0. The molecule has 1 aromatic carbocycles. The Morgan fingerprint density at radius 2 is 1.94 bits per heavy atom. The van der Waals surface area contributed by atoms with E-state index < -0.39 is 6.04 Å². The van der Waals surface area contributed by atoms with Gasteiger partial charge < -0.3 is 10.6 Å². The summed E-state index contributed by atoms with van der Waals surface area (Å²) in [6.45, 7) is 5.05. The third-order valence-corrected chi connectivity index (χ3v) is 3.27. The second-order valence-electron chi connectivity index (χ2n) is 5.03. The molecular weight excluding hydrogens is 224 g/mol. The number of hydrogen-bond acceptors (Lipinski definition) is 2. The highest BCUT2D eigenvalue weighted by molar-refractivity contribution is 5.81. The van der Waals surface area contributed by atoms with Crippen molar-refractivity contribution in [3.63, 3.8) is 0 Å². The van der Waals surface area contributed by atoms with E-state index in [0.717, 1.165) is 18.5 Å². The van der Waals surface area contributed by atoms with Crippen LogP contribution in [0.1, 0.15) is 25.8 Å². The van der Waals surface area contributed by atoms with Crippen molar-refractivity contribution in [2.45, 2.75) is 32.7 Å². The van der Waals surface area contributed by atoms with E-state index in [-0.39, 0.29) is 5.91 Å².